The van der Waals surface area contributed by atoms with Gasteiger partial charge in [0, 0.05) is 5.69 Å². The molecule has 1 aliphatic heterocycles. The fourth-order valence-electron chi connectivity index (χ4n) is 2.38. The fourth-order valence-corrected chi connectivity index (χ4v) is 2.38. The Labute approximate surface area is 131 Å². The number of benzene rings is 1. The molecule has 1 heterocycles. The summed E-state index contributed by atoms with van der Waals surface area (Å²) in [6.07, 6.45) is -7.34. The zero-order chi connectivity index (χ0) is 17.2. The average molecular weight is 329 g/mol. The molecule has 0 bridgehead atoms. The fraction of sp³-hybridized carbons (Fsp3) is 0.500. The third-order valence-electron chi connectivity index (χ3n) is 3.66. The summed E-state index contributed by atoms with van der Waals surface area (Å²) >= 11 is 0. The van der Waals surface area contributed by atoms with Crippen molar-refractivity contribution in [1.29, 1.82) is 0 Å². The van der Waals surface area contributed by atoms with Gasteiger partial charge >= 0.3 is 5.97 Å². The summed E-state index contributed by atoms with van der Waals surface area (Å²) in [4.78, 5) is 11.0. The van der Waals surface area contributed by atoms with E-state index in [0.717, 1.165) is 0 Å². The van der Waals surface area contributed by atoms with Crippen LogP contribution in [0.4, 0.5) is 5.69 Å². The molecule has 1 saturated heterocycles. The molecule has 1 fully saturated rings. The van der Waals surface area contributed by atoms with E-state index in [0.29, 0.717) is 5.69 Å². The molecule has 2 rings (SSSR count). The van der Waals surface area contributed by atoms with Gasteiger partial charge in [-0.3, -0.25) is 4.79 Å². The van der Waals surface area contributed by atoms with Crippen molar-refractivity contribution in [3.05, 3.63) is 24.3 Å². The first-order chi connectivity index (χ1) is 10.8. The summed E-state index contributed by atoms with van der Waals surface area (Å²) in [5.41, 5.74) is 3.60. The molecule has 1 aliphatic rings. The van der Waals surface area contributed by atoms with Gasteiger partial charge in [-0.25, -0.2) is 0 Å². The van der Waals surface area contributed by atoms with E-state index in [2.05, 4.69) is 0 Å². The van der Waals surface area contributed by atoms with Gasteiger partial charge in [-0.2, -0.15) is 0 Å². The Morgan fingerprint density at radius 2 is 1.91 bits per heavy atom. The largest absolute Gasteiger partial charge is 0.481 e. The molecule has 0 saturated carbocycles. The molecular weight excluding hydrogens is 310 g/mol. The predicted octanol–water partition coefficient (Wildman–Crippen LogP) is -1.71. The number of aliphatic carboxylic acids is 1. The lowest BCUT2D eigenvalue weighted by Gasteiger charge is -2.46. The highest BCUT2D eigenvalue weighted by Gasteiger charge is 2.57. The van der Waals surface area contributed by atoms with Crippen molar-refractivity contribution in [2.75, 3.05) is 12.3 Å². The number of carboxylic acids is 1. The van der Waals surface area contributed by atoms with Crippen LogP contribution in [0.15, 0.2) is 24.3 Å². The second-order valence-electron chi connectivity index (χ2n) is 5.37. The number of carboxylic acid groups (broad SMARTS) is 1. The minimum absolute atomic E-state index is 0.202. The molecule has 0 spiro atoms. The molecule has 0 aliphatic carbocycles. The molecule has 0 aromatic heterocycles. The lowest BCUT2D eigenvalue weighted by atomic mass is 9.84. The van der Waals surface area contributed by atoms with Crippen LogP contribution in [-0.4, -0.2) is 68.3 Å². The molecule has 0 radical (unpaired) electrons. The molecule has 1 aromatic rings. The summed E-state index contributed by atoms with van der Waals surface area (Å²) in [5.74, 6) is -1.22. The zero-order valence-corrected chi connectivity index (χ0v) is 12.1. The minimum atomic E-state index is -2.40. The summed E-state index contributed by atoms with van der Waals surface area (Å²) in [5, 5.41) is 48.6. The van der Waals surface area contributed by atoms with Crippen LogP contribution in [-0.2, 0) is 9.53 Å². The van der Waals surface area contributed by atoms with Crippen molar-refractivity contribution in [2.45, 2.75) is 36.6 Å². The number of nitrogen functional groups attached to an aromatic ring is 1. The number of aliphatic hydroxyl groups excluding tert-OH is 3. The molecule has 23 heavy (non-hydrogen) atoms. The lowest BCUT2D eigenvalue weighted by Crippen LogP contribution is -2.68. The number of aliphatic hydroxyl groups is 4. The summed E-state index contributed by atoms with van der Waals surface area (Å²) in [7, 11) is 0. The van der Waals surface area contributed by atoms with Crippen molar-refractivity contribution >= 4 is 11.7 Å². The van der Waals surface area contributed by atoms with Crippen molar-refractivity contribution < 1.29 is 39.8 Å². The van der Waals surface area contributed by atoms with Gasteiger partial charge in [0.2, 0.25) is 6.29 Å². The van der Waals surface area contributed by atoms with E-state index in [-0.39, 0.29) is 5.75 Å². The first-order valence-corrected chi connectivity index (χ1v) is 6.86. The van der Waals surface area contributed by atoms with E-state index in [9.17, 15) is 25.2 Å². The van der Waals surface area contributed by atoms with Gasteiger partial charge in [0.1, 0.15) is 24.1 Å². The number of nitrogens with two attached hydrogens (primary N) is 1. The number of hydrogen-bond acceptors (Lipinski definition) is 8. The molecular formula is C14H19NO8. The quantitative estimate of drug-likeness (QED) is 0.345. The van der Waals surface area contributed by atoms with Gasteiger partial charge in [-0.15, -0.1) is 0 Å². The van der Waals surface area contributed by atoms with Crippen LogP contribution in [0.2, 0.25) is 0 Å². The Kier molecular flexibility index (Phi) is 5.07. The molecule has 1 aromatic carbocycles. The molecule has 5 atom stereocenters. The third kappa shape index (κ3) is 3.54. The van der Waals surface area contributed by atoms with E-state index >= 15 is 0 Å². The molecule has 0 unspecified atom stereocenters. The van der Waals surface area contributed by atoms with Crippen molar-refractivity contribution in [3.63, 3.8) is 0 Å². The highest BCUT2D eigenvalue weighted by Crippen LogP contribution is 2.34. The Balaban J connectivity index is 2.30. The summed E-state index contributed by atoms with van der Waals surface area (Å²) in [6, 6.07) is 5.96. The van der Waals surface area contributed by atoms with Crippen molar-refractivity contribution in [3.8, 4) is 5.75 Å². The second-order valence-corrected chi connectivity index (χ2v) is 5.37. The molecule has 128 valence electrons. The molecule has 7 N–H and O–H groups in total. The van der Waals surface area contributed by atoms with Crippen LogP contribution in [0.25, 0.3) is 0 Å². The van der Waals surface area contributed by atoms with Gasteiger partial charge in [-0.1, -0.05) is 0 Å². The molecule has 9 nitrogen and oxygen atoms in total. The van der Waals surface area contributed by atoms with Crippen LogP contribution in [0.5, 0.6) is 5.75 Å². The summed E-state index contributed by atoms with van der Waals surface area (Å²) in [6.45, 7) is -0.650. The van der Waals surface area contributed by atoms with Gasteiger partial charge in [0.25, 0.3) is 0 Å². The lowest BCUT2D eigenvalue weighted by molar-refractivity contribution is -0.321. The van der Waals surface area contributed by atoms with E-state index in [1.54, 1.807) is 0 Å². The van der Waals surface area contributed by atoms with Gasteiger partial charge in [0.05, 0.1) is 13.0 Å². The Morgan fingerprint density at radius 3 is 2.43 bits per heavy atom. The Morgan fingerprint density at radius 1 is 1.30 bits per heavy atom. The number of rotatable bonds is 5. The zero-order valence-electron chi connectivity index (χ0n) is 12.1. The molecule has 9 heteroatoms. The number of anilines is 1. The van der Waals surface area contributed by atoms with Gasteiger partial charge in [-0.05, 0) is 24.3 Å². The van der Waals surface area contributed by atoms with Crippen LogP contribution < -0.4 is 10.5 Å². The monoisotopic (exact) mass is 329 g/mol. The number of ether oxygens (including phenoxy) is 2. The van der Waals surface area contributed by atoms with Crippen LogP contribution in [0.1, 0.15) is 6.42 Å². The van der Waals surface area contributed by atoms with E-state index in [4.69, 9.17) is 20.3 Å². The Hall–Kier alpha value is -1.91. The SMILES string of the molecule is Nc1ccc(O[C@H]2O[C@H](CO)[C@@H](O)[C@H](O)[C@@]2(O)CC(=O)O)cc1. The van der Waals surface area contributed by atoms with Crippen LogP contribution in [0.3, 0.4) is 0 Å². The maximum Gasteiger partial charge on any atom is 0.306 e. The maximum absolute atomic E-state index is 11.0. The average Bonchev–Trinajstić information content (AvgIpc) is 2.49. The smallest absolute Gasteiger partial charge is 0.306 e. The number of carbonyl (C=O) groups is 1. The minimum Gasteiger partial charge on any atom is -0.481 e. The summed E-state index contributed by atoms with van der Waals surface area (Å²) < 4.78 is 10.6. The topological polar surface area (TPSA) is 163 Å². The van der Waals surface area contributed by atoms with Gasteiger partial charge < -0.3 is 40.7 Å². The molecule has 0 amide bonds. The number of hydrogen-bond donors (Lipinski definition) is 6. The van der Waals surface area contributed by atoms with E-state index in [1.165, 1.54) is 24.3 Å². The Bertz CT molecular complexity index is 550. The third-order valence-corrected chi connectivity index (χ3v) is 3.66. The normalized spacial score (nSPS) is 34.1. The highest BCUT2D eigenvalue weighted by molar-refractivity contribution is 5.68. The van der Waals surface area contributed by atoms with Crippen molar-refractivity contribution in [2.24, 2.45) is 0 Å². The first-order valence-electron chi connectivity index (χ1n) is 6.86. The first kappa shape index (κ1) is 17.4. The van der Waals surface area contributed by atoms with Crippen LogP contribution >= 0.6 is 0 Å². The second kappa shape index (κ2) is 6.69. The maximum atomic E-state index is 11.0. The predicted molar refractivity (Wildman–Crippen MR) is 76.4 cm³/mol. The van der Waals surface area contributed by atoms with Gasteiger partial charge in [0.15, 0.2) is 5.60 Å². The highest BCUT2D eigenvalue weighted by atomic mass is 16.7. The van der Waals surface area contributed by atoms with Crippen molar-refractivity contribution in [1.82, 2.24) is 0 Å². The van der Waals surface area contributed by atoms with E-state index < -0.39 is 49.2 Å². The van der Waals surface area contributed by atoms with Crippen LogP contribution in [0, 0.1) is 0 Å². The van der Waals surface area contributed by atoms with E-state index in [1.807, 2.05) is 0 Å². The standard InChI is InChI=1S/C14H19NO8/c15-7-1-3-8(4-2-7)22-13-14(21,5-10(17)18)12(20)11(19)9(6-16)23-13/h1-4,9,11-13,16,19-21H,5-6,15H2,(H,17,18)/t9-,11-,12+,13+,14+/m1/s1.